The summed E-state index contributed by atoms with van der Waals surface area (Å²) < 4.78 is 4.17. The normalized spacial score (nSPS) is 12.2. The zero-order valence-corrected chi connectivity index (χ0v) is 11.9. The molecule has 0 amide bonds. The van der Waals surface area contributed by atoms with E-state index in [1.807, 2.05) is 4.68 Å². The fourth-order valence-electron chi connectivity index (χ4n) is 2.39. The van der Waals surface area contributed by atoms with Crippen molar-refractivity contribution in [3.63, 3.8) is 0 Å². The molecule has 0 aliphatic rings. The first-order valence-corrected chi connectivity index (χ1v) is 6.57. The summed E-state index contributed by atoms with van der Waals surface area (Å²) in [5.74, 6) is 0. The fourth-order valence-corrected chi connectivity index (χ4v) is 2.39. The summed E-state index contributed by atoms with van der Waals surface area (Å²) in [5.41, 5.74) is 3.48. The summed E-state index contributed by atoms with van der Waals surface area (Å²) in [6.45, 7) is 6.48. The van der Waals surface area contributed by atoms with E-state index in [0.717, 1.165) is 5.69 Å². The molecule has 3 aromatic rings. The minimum atomic E-state index is 0.0167. The molecule has 0 N–H and O–H groups in total. The largest absolute Gasteiger partial charge is 0.350 e. The number of nitrogens with zero attached hydrogens (tertiary/aromatic N) is 3. The highest BCUT2D eigenvalue weighted by Crippen LogP contribution is 2.29. The van der Waals surface area contributed by atoms with E-state index in [4.69, 9.17) is 5.10 Å². The van der Waals surface area contributed by atoms with Crippen LogP contribution in [-0.4, -0.2) is 14.3 Å². The van der Waals surface area contributed by atoms with Crippen LogP contribution in [0.15, 0.2) is 42.7 Å². The molecule has 0 unspecified atom stereocenters. The van der Waals surface area contributed by atoms with E-state index in [1.54, 1.807) is 0 Å². The second-order valence-electron chi connectivity index (χ2n) is 5.99. The molecule has 2 aromatic heterocycles. The number of para-hydroxylation sites is 1. The van der Waals surface area contributed by atoms with Crippen molar-refractivity contribution < 1.29 is 0 Å². The molecule has 2 heterocycles. The van der Waals surface area contributed by atoms with Crippen molar-refractivity contribution in [1.29, 1.82) is 0 Å². The number of rotatable bonds is 1. The highest BCUT2D eigenvalue weighted by molar-refractivity contribution is 5.95. The second-order valence-corrected chi connectivity index (χ2v) is 5.99. The van der Waals surface area contributed by atoms with Crippen molar-refractivity contribution in [3.05, 3.63) is 42.7 Å². The molecule has 0 aliphatic heterocycles. The van der Waals surface area contributed by atoms with Gasteiger partial charge in [0.1, 0.15) is 0 Å². The van der Waals surface area contributed by atoms with Crippen molar-refractivity contribution in [2.45, 2.75) is 26.3 Å². The number of aromatic nitrogens is 3. The van der Waals surface area contributed by atoms with Gasteiger partial charge in [0.2, 0.25) is 0 Å². The van der Waals surface area contributed by atoms with Gasteiger partial charge in [-0.15, -0.1) is 0 Å². The molecule has 3 heteroatoms. The molecule has 0 aliphatic carbocycles. The van der Waals surface area contributed by atoms with Gasteiger partial charge in [0, 0.05) is 35.9 Å². The van der Waals surface area contributed by atoms with Gasteiger partial charge in [-0.1, -0.05) is 18.2 Å². The zero-order valence-electron chi connectivity index (χ0n) is 11.9. The van der Waals surface area contributed by atoms with Crippen molar-refractivity contribution in [2.24, 2.45) is 7.05 Å². The molecule has 0 fully saturated rings. The Hall–Kier alpha value is -2.03. The summed E-state index contributed by atoms with van der Waals surface area (Å²) in [6, 6.07) is 10.5. The highest BCUT2D eigenvalue weighted by atomic mass is 15.3. The fraction of sp³-hybridized carbons (Fsp3) is 0.312. The van der Waals surface area contributed by atoms with Crippen LogP contribution in [0.2, 0.25) is 0 Å². The number of benzene rings is 1. The third-order valence-corrected chi connectivity index (χ3v) is 3.45. The first-order valence-electron chi connectivity index (χ1n) is 6.57. The van der Waals surface area contributed by atoms with Crippen molar-refractivity contribution >= 4 is 10.9 Å². The lowest BCUT2D eigenvalue weighted by molar-refractivity contribution is 0.356. The molecule has 0 spiro atoms. The van der Waals surface area contributed by atoms with Crippen molar-refractivity contribution in [2.75, 3.05) is 0 Å². The number of hydrogen-bond donors (Lipinski definition) is 0. The Morgan fingerprint density at radius 3 is 2.47 bits per heavy atom. The Bertz CT molecular complexity index is 726. The standard InChI is InChI=1S/C16H19N3/c1-16(2,3)19-10-9-14(17-19)13-11-18(4)15-8-6-5-7-12(13)15/h5-11H,1-4H3. The zero-order chi connectivity index (χ0) is 13.6. The van der Waals surface area contributed by atoms with Crippen LogP contribution in [0.25, 0.3) is 22.2 Å². The van der Waals surface area contributed by atoms with Gasteiger partial charge in [-0.3, -0.25) is 4.68 Å². The Balaban J connectivity index is 2.17. The summed E-state index contributed by atoms with van der Waals surface area (Å²) in [5, 5.41) is 5.97. The Morgan fingerprint density at radius 1 is 1.05 bits per heavy atom. The number of hydrogen-bond acceptors (Lipinski definition) is 1. The van der Waals surface area contributed by atoms with E-state index in [9.17, 15) is 0 Å². The average molecular weight is 253 g/mol. The first-order chi connectivity index (χ1) is 8.97. The molecule has 3 rings (SSSR count). The Kier molecular flexibility index (Phi) is 2.52. The Labute approximate surface area is 113 Å². The molecule has 0 bridgehead atoms. The predicted molar refractivity (Wildman–Crippen MR) is 79.1 cm³/mol. The number of fused-ring (bicyclic) bond motifs is 1. The van der Waals surface area contributed by atoms with Gasteiger partial charge in [0.05, 0.1) is 11.2 Å². The summed E-state index contributed by atoms with van der Waals surface area (Å²) in [4.78, 5) is 0. The van der Waals surface area contributed by atoms with E-state index in [0.29, 0.717) is 0 Å². The summed E-state index contributed by atoms with van der Waals surface area (Å²) >= 11 is 0. The SMILES string of the molecule is Cn1cc(-c2ccn(C(C)(C)C)n2)c2ccccc21. The van der Waals surface area contributed by atoms with E-state index in [-0.39, 0.29) is 5.54 Å². The van der Waals surface area contributed by atoms with Crippen LogP contribution in [0.3, 0.4) is 0 Å². The average Bonchev–Trinajstić information content (AvgIpc) is 2.94. The van der Waals surface area contributed by atoms with Crippen LogP contribution in [0, 0.1) is 0 Å². The molecular weight excluding hydrogens is 234 g/mol. The maximum absolute atomic E-state index is 4.72. The molecule has 0 saturated heterocycles. The molecule has 0 radical (unpaired) electrons. The molecular formula is C16H19N3. The quantitative estimate of drug-likeness (QED) is 0.647. The van der Waals surface area contributed by atoms with Crippen LogP contribution < -0.4 is 0 Å². The van der Waals surface area contributed by atoms with Crippen LogP contribution in [0.4, 0.5) is 0 Å². The third kappa shape index (κ3) is 1.95. The monoisotopic (exact) mass is 253 g/mol. The van der Waals surface area contributed by atoms with E-state index < -0.39 is 0 Å². The lowest BCUT2D eigenvalue weighted by atomic mass is 10.1. The maximum atomic E-state index is 4.72. The molecule has 19 heavy (non-hydrogen) atoms. The van der Waals surface area contributed by atoms with Crippen LogP contribution in [0.5, 0.6) is 0 Å². The van der Waals surface area contributed by atoms with Gasteiger partial charge in [0.15, 0.2) is 0 Å². The predicted octanol–water partition coefficient (Wildman–Crippen LogP) is 3.80. The van der Waals surface area contributed by atoms with E-state index >= 15 is 0 Å². The minimum Gasteiger partial charge on any atom is -0.350 e. The van der Waals surface area contributed by atoms with Crippen LogP contribution >= 0.6 is 0 Å². The molecule has 1 aromatic carbocycles. The smallest absolute Gasteiger partial charge is 0.0944 e. The van der Waals surface area contributed by atoms with E-state index in [2.05, 4.69) is 75.1 Å². The van der Waals surface area contributed by atoms with Crippen LogP contribution in [-0.2, 0) is 12.6 Å². The van der Waals surface area contributed by atoms with Crippen molar-refractivity contribution in [3.8, 4) is 11.3 Å². The molecule has 3 nitrogen and oxygen atoms in total. The van der Waals surface area contributed by atoms with Gasteiger partial charge in [-0.05, 0) is 32.9 Å². The molecule has 0 atom stereocenters. The highest BCUT2D eigenvalue weighted by Gasteiger charge is 2.16. The maximum Gasteiger partial charge on any atom is 0.0944 e. The van der Waals surface area contributed by atoms with Gasteiger partial charge in [-0.2, -0.15) is 5.10 Å². The topological polar surface area (TPSA) is 22.8 Å². The Morgan fingerprint density at radius 2 is 1.79 bits per heavy atom. The summed E-state index contributed by atoms with van der Waals surface area (Å²) in [6.07, 6.45) is 4.21. The van der Waals surface area contributed by atoms with Gasteiger partial charge >= 0.3 is 0 Å². The lowest BCUT2D eigenvalue weighted by Crippen LogP contribution is -2.22. The minimum absolute atomic E-state index is 0.0167. The summed E-state index contributed by atoms with van der Waals surface area (Å²) in [7, 11) is 2.08. The van der Waals surface area contributed by atoms with Gasteiger partial charge < -0.3 is 4.57 Å². The first kappa shape index (κ1) is 12.0. The van der Waals surface area contributed by atoms with Gasteiger partial charge in [-0.25, -0.2) is 0 Å². The molecule has 0 saturated carbocycles. The number of aryl methyl sites for hydroxylation is 1. The third-order valence-electron chi connectivity index (χ3n) is 3.45. The van der Waals surface area contributed by atoms with E-state index in [1.165, 1.54) is 16.5 Å². The van der Waals surface area contributed by atoms with Gasteiger partial charge in [0.25, 0.3) is 0 Å². The van der Waals surface area contributed by atoms with Crippen LogP contribution in [0.1, 0.15) is 20.8 Å². The molecule has 98 valence electrons. The van der Waals surface area contributed by atoms with Crippen molar-refractivity contribution in [1.82, 2.24) is 14.3 Å². The second kappa shape index (κ2) is 3.98. The lowest BCUT2D eigenvalue weighted by Gasteiger charge is -2.18.